The van der Waals surface area contributed by atoms with Crippen molar-refractivity contribution in [2.75, 3.05) is 5.32 Å². The van der Waals surface area contributed by atoms with Crippen LogP contribution in [0.2, 0.25) is 0 Å². The van der Waals surface area contributed by atoms with Crippen LogP contribution >= 0.6 is 0 Å². The van der Waals surface area contributed by atoms with Gasteiger partial charge in [-0.05, 0) is 25.5 Å². The Morgan fingerprint density at radius 2 is 2.10 bits per heavy atom. The standard InChI is InChI=1S/C14H19FN2O3/c1-3-5-10(8-13(18)19)16-14(20)17-12-7-4-6-11(15)9(12)2/h4,6-7,10H,3,5,8H2,1-2H3,(H,18,19)(H2,16,17,20). The molecule has 0 aliphatic heterocycles. The maximum atomic E-state index is 13.3. The van der Waals surface area contributed by atoms with Crippen LogP contribution in [0.4, 0.5) is 14.9 Å². The molecule has 0 aliphatic carbocycles. The van der Waals surface area contributed by atoms with Gasteiger partial charge >= 0.3 is 12.0 Å². The van der Waals surface area contributed by atoms with Crippen LogP contribution in [-0.2, 0) is 4.79 Å². The van der Waals surface area contributed by atoms with E-state index in [2.05, 4.69) is 10.6 Å². The summed E-state index contributed by atoms with van der Waals surface area (Å²) in [6.45, 7) is 3.47. The third kappa shape index (κ3) is 4.87. The van der Waals surface area contributed by atoms with Crippen molar-refractivity contribution < 1.29 is 19.1 Å². The van der Waals surface area contributed by atoms with E-state index in [1.54, 1.807) is 13.0 Å². The number of nitrogens with one attached hydrogen (secondary N) is 2. The minimum absolute atomic E-state index is 0.136. The Bertz CT molecular complexity index is 491. The highest BCUT2D eigenvalue weighted by molar-refractivity contribution is 5.90. The van der Waals surface area contributed by atoms with Crippen LogP contribution in [0.15, 0.2) is 18.2 Å². The first-order valence-electron chi connectivity index (χ1n) is 6.48. The predicted octanol–water partition coefficient (Wildman–Crippen LogP) is 2.90. The van der Waals surface area contributed by atoms with Crippen molar-refractivity contribution in [2.45, 2.75) is 39.2 Å². The number of halogens is 1. The van der Waals surface area contributed by atoms with Gasteiger partial charge in [0.15, 0.2) is 0 Å². The molecular formula is C14H19FN2O3. The molecule has 0 bridgehead atoms. The van der Waals surface area contributed by atoms with Crippen LogP contribution in [0.5, 0.6) is 0 Å². The lowest BCUT2D eigenvalue weighted by Gasteiger charge is -2.17. The number of carboxylic acid groups (broad SMARTS) is 1. The molecule has 0 radical (unpaired) electrons. The van der Waals surface area contributed by atoms with E-state index in [1.807, 2.05) is 6.92 Å². The van der Waals surface area contributed by atoms with Gasteiger partial charge in [-0.2, -0.15) is 0 Å². The summed E-state index contributed by atoms with van der Waals surface area (Å²) in [4.78, 5) is 22.5. The predicted molar refractivity (Wildman–Crippen MR) is 74.2 cm³/mol. The van der Waals surface area contributed by atoms with E-state index in [0.717, 1.165) is 6.42 Å². The van der Waals surface area contributed by atoms with E-state index in [0.29, 0.717) is 17.7 Å². The molecule has 0 fully saturated rings. The number of carbonyl (C=O) groups excluding carboxylic acids is 1. The average molecular weight is 282 g/mol. The number of benzene rings is 1. The molecule has 1 unspecified atom stereocenters. The zero-order valence-corrected chi connectivity index (χ0v) is 11.6. The zero-order chi connectivity index (χ0) is 15.1. The van der Waals surface area contributed by atoms with E-state index in [-0.39, 0.29) is 6.42 Å². The molecule has 6 heteroatoms. The summed E-state index contributed by atoms with van der Waals surface area (Å²) in [6, 6.07) is 3.43. The first-order chi connectivity index (χ1) is 9.43. The maximum Gasteiger partial charge on any atom is 0.319 e. The van der Waals surface area contributed by atoms with Crippen molar-refractivity contribution in [2.24, 2.45) is 0 Å². The van der Waals surface area contributed by atoms with Crippen molar-refractivity contribution in [1.29, 1.82) is 0 Å². The van der Waals surface area contributed by atoms with Gasteiger partial charge in [0.05, 0.1) is 6.42 Å². The smallest absolute Gasteiger partial charge is 0.319 e. The second kappa shape index (κ2) is 7.47. The molecule has 20 heavy (non-hydrogen) atoms. The topological polar surface area (TPSA) is 78.4 Å². The molecule has 3 N–H and O–H groups in total. The van der Waals surface area contributed by atoms with Gasteiger partial charge in [-0.15, -0.1) is 0 Å². The summed E-state index contributed by atoms with van der Waals surface area (Å²) in [5, 5.41) is 13.9. The number of anilines is 1. The summed E-state index contributed by atoms with van der Waals surface area (Å²) in [7, 11) is 0. The van der Waals surface area contributed by atoms with Gasteiger partial charge in [0.25, 0.3) is 0 Å². The summed E-state index contributed by atoms with van der Waals surface area (Å²) >= 11 is 0. The minimum atomic E-state index is -0.967. The summed E-state index contributed by atoms with van der Waals surface area (Å²) in [5.41, 5.74) is 0.709. The SMILES string of the molecule is CCCC(CC(=O)O)NC(=O)Nc1cccc(F)c1C. The fourth-order valence-corrected chi connectivity index (χ4v) is 1.87. The molecule has 1 rings (SSSR count). The highest BCUT2D eigenvalue weighted by atomic mass is 19.1. The Hall–Kier alpha value is -2.11. The number of carboxylic acids is 1. The second-order valence-electron chi connectivity index (χ2n) is 4.59. The molecule has 0 saturated heterocycles. The van der Waals surface area contributed by atoms with Gasteiger partial charge in [-0.3, -0.25) is 4.79 Å². The van der Waals surface area contributed by atoms with Crippen LogP contribution in [0.1, 0.15) is 31.7 Å². The number of aliphatic carboxylic acids is 1. The molecule has 1 aromatic rings. The van der Waals surface area contributed by atoms with E-state index >= 15 is 0 Å². The van der Waals surface area contributed by atoms with Gasteiger partial charge in [-0.25, -0.2) is 9.18 Å². The lowest BCUT2D eigenvalue weighted by atomic mass is 10.1. The Morgan fingerprint density at radius 1 is 1.40 bits per heavy atom. The molecule has 5 nitrogen and oxygen atoms in total. The van der Waals surface area contributed by atoms with Gasteiger partial charge in [-0.1, -0.05) is 19.4 Å². The Kier molecular flexibility index (Phi) is 5.96. The van der Waals surface area contributed by atoms with E-state index in [9.17, 15) is 14.0 Å². The molecule has 110 valence electrons. The number of urea groups is 1. The van der Waals surface area contributed by atoms with E-state index in [4.69, 9.17) is 5.11 Å². The minimum Gasteiger partial charge on any atom is -0.481 e. The molecule has 0 spiro atoms. The number of hydrogen-bond acceptors (Lipinski definition) is 2. The molecule has 0 aliphatic rings. The van der Waals surface area contributed by atoms with Crippen molar-refractivity contribution in [1.82, 2.24) is 5.32 Å². The number of carbonyl (C=O) groups is 2. The second-order valence-corrected chi connectivity index (χ2v) is 4.59. The maximum absolute atomic E-state index is 13.3. The van der Waals surface area contributed by atoms with Crippen LogP contribution < -0.4 is 10.6 Å². The molecule has 0 saturated carbocycles. The monoisotopic (exact) mass is 282 g/mol. The Labute approximate surface area is 117 Å². The largest absolute Gasteiger partial charge is 0.481 e. The number of amides is 2. The lowest BCUT2D eigenvalue weighted by Crippen LogP contribution is -2.39. The summed E-state index contributed by atoms with van der Waals surface area (Å²) in [6.07, 6.45) is 1.20. The Balaban J connectivity index is 2.65. The zero-order valence-electron chi connectivity index (χ0n) is 11.6. The molecule has 1 atom stereocenters. The highest BCUT2D eigenvalue weighted by Crippen LogP contribution is 2.17. The normalized spacial score (nSPS) is 11.8. The average Bonchev–Trinajstić information content (AvgIpc) is 2.34. The van der Waals surface area contributed by atoms with Crippen LogP contribution in [0.3, 0.4) is 0 Å². The van der Waals surface area contributed by atoms with Crippen LogP contribution in [0, 0.1) is 12.7 Å². The fraction of sp³-hybridized carbons (Fsp3) is 0.429. The van der Waals surface area contributed by atoms with Gasteiger partial charge < -0.3 is 15.7 Å². The highest BCUT2D eigenvalue weighted by Gasteiger charge is 2.15. The molecule has 0 aromatic heterocycles. The van der Waals surface area contributed by atoms with E-state index in [1.165, 1.54) is 12.1 Å². The summed E-state index contributed by atoms with van der Waals surface area (Å²) < 4.78 is 13.3. The molecule has 2 amide bonds. The van der Waals surface area contributed by atoms with Crippen LogP contribution in [0.25, 0.3) is 0 Å². The number of rotatable bonds is 6. The first-order valence-corrected chi connectivity index (χ1v) is 6.48. The van der Waals surface area contributed by atoms with Crippen molar-refractivity contribution in [3.63, 3.8) is 0 Å². The first kappa shape index (κ1) is 15.9. The Morgan fingerprint density at radius 3 is 2.70 bits per heavy atom. The number of hydrogen-bond donors (Lipinski definition) is 3. The molecular weight excluding hydrogens is 263 g/mol. The lowest BCUT2D eigenvalue weighted by molar-refractivity contribution is -0.137. The van der Waals surface area contributed by atoms with Gasteiger partial charge in [0, 0.05) is 17.3 Å². The third-order valence-corrected chi connectivity index (χ3v) is 2.91. The van der Waals surface area contributed by atoms with Gasteiger partial charge in [0.1, 0.15) is 5.82 Å². The van der Waals surface area contributed by atoms with Crippen LogP contribution in [-0.4, -0.2) is 23.1 Å². The quantitative estimate of drug-likeness (QED) is 0.750. The summed E-state index contributed by atoms with van der Waals surface area (Å²) in [5.74, 6) is -1.37. The van der Waals surface area contributed by atoms with Crippen molar-refractivity contribution in [3.8, 4) is 0 Å². The molecule has 0 heterocycles. The van der Waals surface area contributed by atoms with Gasteiger partial charge in [0.2, 0.25) is 0 Å². The van der Waals surface area contributed by atoms with Crippen molar-refractivity contribution in [3.05, 3.63) is 29.6 Å². The fourth-order valence-electron chi connectivity index (χ4n) is 1.87. The van der Waals surface area contributed by atoms with Crippen molar-refractivity contribution >= 4 is 17.7 Å². The third-order valence-electron chi connectivity index (χ3n) is 2.91. The molecule has 1 aromatic carbocycles. The van der Waals surface area contributed by atoms with E-state index < -0.39 is 23.9 Å².